The Kier molecular flexibility index (Phi) is 4.27. The summed E-state index contributed by atoms with van der Waals surface area (Å²) in [6.07, 6.45) is 3.96. The summed E-state index contributed by atoms with van der Waals surface area (Å²) in [7, 11) is 0. The van der Waals surface area contributed by atoms with Crippen molar-refractivity contribution in [1.29, 1.82) is 0 Å². The Bertz CT molecular complexity index is 452. The van der Waals surface area contributed by atoms with E-state index in [4.69, 9.17) is 4.74 Å². The van der Waals surface area contributed by atoms with E-state index in [2.05, 4.69) is 42.3 Å². The number of nitrogens with one attached hydrogen (secondary N) is 1. The van der Waals surface area contributed by atoms with Crippen molar-refractivity contribution in [1.82, 2.24) is 10.2 Å². The molecular weight excluding hydrogens is 248 g/mol. The van der Waals surface area contributed by atoms with Gasteiger partial charge in [-0.25, -0.2) is 0 Å². The average molecular weight is 274 g/mol. The molecule has 2 aliphatic rings. The Morgan fingerprint density at radius 3 is 2.85 bits per heavy atom. The molecule has 1 N–H and O–H groups in total. The number of piperidine rings is 1. The van der Waals surface area contributed by atoms with E-state index in [0.29, 0.717) is 6.10 Å². The predicted octanol–water partition coefficient (Wildman–Crippen LogP) is 2.37. The van der Waals surface area contributed by atoms with Gasteiger partial charge in [0.2, 0.25) is 0 Å². The van der Waals surface area contributed by atoms with Crippen LogP contribution in [0, 0.1) is 6.92 Å². The summed E-state index contributed by atoms with van der Waals surface area (Å²) in [5, 5.41) is 3.56. The van der Waals surface area contributed by atoms with Crippen LogP contribution in [-0.2, 0) is 6.42 Å². The molecule has 1 unspecified atom stereocenters. The maximum absolute atomic E-state index is 6.08. The maximum atomic E-state index is 6.08. The summed E-state index contributed by atoms with van der Waals surface area (Å²) in [5.74, 6) is 1.10. The number of likely N-dealkylation sites (tertiary alicyclic amines) is 1. The first kappa shape index (κ1) is 13.9. The Morgan fingerprint density at radius 2 is 2.10 bits per heavy atom. The molecule has 3 nitrogen and oxygen atoms in total. The molecule has 110 valence electrons. The van der Waals surface area contributed by atoms with Gasteiger partial charge in [0.05, 0.1) is 0 Å². The van der Waals surface area contributed by atoms with E-state index in [1.807, 2.05) is 0 Å². The molecule has 1 saturated heterocycles. The second-order valence-corrected chi connectivity index (χ2v) is 6.19. The van der Waals surface area contributed by atoms with Gasteiger partial charge in [-0.1, -0.05) is 24.6 Å². The molecule has 3 rings (SSSR count). The number of rotatable bonds is 4. The molecular formula is C17H26N2O. The van der Waals surface area contributed by atoms with Crippen molar-refractivity contribution in [3.05, 3.63) is 29.3 Å². The van der Waals surface area contributed by atoms with Crippen LogP contribution in [0.15, 0.2) is 18.2 Å². The van der Waals surface area contributed by atoms with Gasteiger partial charge in [-0.2, -0.15) is 0 Å². The highest BCUT2D eigenvalue weighted by molar-refractivity contribution is 5.40. The maximum Gasteiger partial charge on any atom is 0.123 e. The van der Waals surface area contributed by atoms with Crippen LogP contribution in [0.1, 0.15) is 30.9 Å². The fourth-order valence-electron chi connectivity index (χ4n) is 3.45. The van der Waals surface area contributed by atoms with Crippen molar-refractivity contribution in [2.75, 3.05) is 26.2 Å². The lowest BCUT2D eigenvalue weighted by Gasteiger charge is -2.33. The Labute approximate surface area is 122 Å². The van der Waals surface area contributed by atoms with Crippen LogP contribution in [0.25, 0.3) is 0 Å². The van der Waals surface area contributed by atoms with Crippen LogP contribution in [0.5, 0.6) is 5.75 Å². The molecule has 1 aromatic carbocycles. The third-order valence-corrected chi connectivity index (χ3v) is 4.50. The molecule has 2 aliphatic heterocycles. The summed E-state index contributed by atoms with van der Waals surface area (Å²) >= 11 is 0. The highest BCUT2D eigenvalue weighted by Crippen LogP contribution is 2.30. The van der Waals surface area contributed by atoms with Crippen molar-refractivity contribution in [3.8, 4) is 5.75 Å². The van der Waals surface area contributed by atoms with E-state index in [-0.39, 0.29) is 0 Å². The van der Waals surface area contributed by atoms with Crippen molar-refractivity contribution in [2.24, 2.45) is 0 Å². The van der Waals surface area contributed by atoms with Crippen LogP contribution in [-0.4, -0.2) is 43.2 Å². The lowest BCUT2D eigenvalue weighted by Crippen LogP contribution is -2.45. The molecule has 3 heteroatoms. The minimum absolute atomic E-state index is 0.350. The molecule has 0 radical (unpaired) electrons. The lowest BCUT2D eigenvalue weighted by molar-refractivity contribution is 0.124. The van der Waals surface area contributed by atoms with Gasteiger partial charge in [0.1, 0.15) is 11.9 Å². The SMILES string of the molecule is CCNC1CCN(CC2Cc3cc(C)ccc3O2)CC1. The number of hydrogen-bond donors (Lipinski definition) is 1. The van der Waals surface area contributed by atoms with Gasteiger partial charge in [0.25, 0.3) is 0 Å². The second-order valence-electron chi connectivity index (χ2n) is 6.19. The quantitative estimate of drug-likeness (QED) is 0.912. The highest BCUT2D eigenvalue weighted by Gasteiger charge is 2.27. The number of benzene rings is 1. The first-order valence-corrected chi connectivity index (χ1v) is 7.96. The van der Waals surface area contributed by atoms with Gasteiger partial charge in [-0.15, -0.1) is 0 Å². The van der Waals surface area contributed by atoms with Crippen molar-refractivity contribution in [3.63, 3.8) is 0 Å². The summed E-state index contributed by atoms with van der Waals surface area (Å²) in [6, 6.07) is 7.26. The van der Waals surface area contributed by atoms with Gasteiger partial charge in [0.15, 0.2) is 0 Å². The van der Waals surface area contributed by atoms with Crippen molar-refractivity contribution in [2.45, 2.75) is 45.3 Å². The number of aryl methyl sites for hydroxylation is 1. The molecule has 0 amide bonds. The first-order chi connectivity index (χ1) is 9.74. The fourth-order valence-corrected chi connectivity index (χ4v) is 3.45. The van der Waals surface area contributed by atoms with Gasteiger partial charge in [-0.05, 0) is 51.0 Å². The third kappa shape index (κ3) is 3.15. The molecule has 0 saturated carbocycles. The topological polar surface area (TPSA) is 24.5 Å². The zero-order chi connectivity index (χ0) is 13.9. The molecule has 0 spiro atoms. The average Bonchev–Trinajstić information content (AvgIpc) is 2.82. The number of ether oxygens (including phenoxy) is 1. The van der Waals surface area contributed by atoms with E-state index >= 15 is 0 Å². The zero-order valence-corrected chi connectivity index (χ0v) is 12.7. The van der Waals surface area contributed by atoms with Crippen LogP contribution in [0.2, 0.25) is 0 Å². The smallest absolute Gasteiger partial charge is 0.123 e. The summed E-state index contributed by atoms with van der Waals surface area (Å²) in [5.41, 5.74) is 2.72. The van der Waals surface area contributed by atoms with Crippen LogP contribution in [0.3, 0.4) is 0 Å². The van der Waals surface area contributed by atoms with E-state index in [9.17, 15) is 0 Å². The Hall–Kier alpha value is -1.06. The van der Waals surface area contributed by atoms with E-state index < -0.39 is 0 Å². The fraction of sp³-hybridized carbons (Fsp3) is 0.647. The summed E-state index contributed by atoms with van der Waals surface area (Å²) in [6.45, 7) is 8.91. The molecule has 1 aromatic rings. The third-order valence-electron chi connectivity index (χ3n) is 4.50. The molecule has 0 aromatic heterocycles. The van der Waals surface area contributed by atoms with E-state index in [1.54, 1.807) is 0 Å². The number of nitrogens with zero attached hydrogens (tertiary/aromatic N) is 1. The largest absolute Gasteiger partial charge is 0.488 e. The summed E-state index contributed by atoms with van der Waals surface area (Å²) in [4.78, 5) is 2.57. The van der Waals surface area contributed by atoms with Gasteiger partial charge < -0.3 is 10.1 Å². The molecule has 1 atom stereocenters. The molecule has 20 heavy (non-hydrogen) atoms. The monoisotopic (exact) mass is 274 g/mol. The van der Waals surface area contributed by atoms with Gasteiger partial charge >= 0.3 is 0 Å². The molecule has 2 heterocycles. The normalized spacial score (nSPS) is 23.6. The summed E-state index contributed by atoms with van der Waals surface area (Å²) < 4.78 is 6.08. The van der Waals surface area contributed by atoms with Crippen LogP contribution >= 0.6 is 0 Å². The number of fused-ring (bicyclic) bond motifs is 1. The Morgan fingerprint density at radius 1 is 1.30 bits per heavy atom. The minimum Gasteiger partial charge on any atom is -0.488 e. The van der Waals surface area contributed by atoms with Crippen LogP contribution in [0.4, 0.5) is 0 Å². The predicted molar refractivity (Wildman–Crippen MR) is 82.4 cm³/mol. The first-order valence-electron chi connectivity index (χ1n) is 7.96. The number of hydrogen-bond acceptors (Lipinski definition) is 3. The van der Waals surface area contributed by atoms with Crippen molar-refractivity contribution < 1.29 is 4.74 Å². The lowest BCUT2D eigenvalue weighted by atomic mass is 10.0. The second kappa shape index (κ2) is 6.15. The van der Waals surface area contributed by atoms with Gasteiger partial charge in [0, 0.05) is 19.0 Å². The van der Waals surface area contributed by atoms with Crippen molar-refractivity contribution >= 4 is 0 Å². The Balaban J connectivity index is 1.49. The molecule has 0 bridgehead atoms. The molecule has 0 aliphatic carbocycles. The van der Waals surface area contributed by atoms with E-state index in [1.165, 1.54) is 37.1 Å². The zero-order valence-electron chi connectivity index (χ0n) is 12.7. The standard InChI is InChI=1S/C17H26N2O/c1-3-18-15-6-8-19(9-7-15)12-16-11-14-10-13(2)4-5-17(14)20-16/h4-5,10,15-16,18H,3,6-9,11-12H2,1-2H3. The van der Waals surface area contributed by atoms with Gasteiger partial charge in [-0.3, -0.25) is 4.90 Å². The van der Waals surface area contributed by atoms with Crippen LogP contribution < -0.4 is 10.1 Å². The molecule has 1 fully saturated rings. The highest BCUT2D eigenvalue weighted by atomic mass is 16.5. The van der Waals surface area contributed by atoms with E-state index in [0.717, 1.165) is 31.3 Å². The minimum atomic E-state index is 0.350.